The molecule has 0 unspecified atom stereocenters. The Hall–Kier alpha value is -2.15. The van der Waals surface area contributed by atoms with Crippen LogP contribution in [0.3, 0.4) is 0 Å². The van der Waals surface area contributed by atoms with Crippen molar-refractivity contribution in [1.82, 2.24) is 4.90 Å². The molecular weight excluding hydrogens is 292 g/mol. The summed E-state index contributed by atoms with van der Waals surface area (Å²) in [4.78, 5) is 35.9. The molecule has 1 heterocycles. The van der Waals surface area contributed by atoms with Crippen LogP contribution >= 0.6 is 11.3 Å². The molecule has 0 radical (unpaired) electrons. The highest BCUT2D eigenvalue weighted by Crippen LogP contribution is 2.21. The van der Waals surface area contributed by atoms with Gasteiger partial charge in [-0.05, 0) is 29.0 Å². The van der Waals surface area contributed by atoms with Crippen LogP contribution < -0.4 is 5.73 Å². The molecule has 114 valence electrons. The molecule has 2 amide bonds. The van der Waals surface area contributed by atoms with Gasteiger partial charge in [-0.25, -0.2) is 4.79 Å². The molecule has 0 aliphatic heterocycles. The van der Waals surface area contributed by atoms with Crippen LogP contribution in [-0.4, -0.2) is 40.9 Å². The largest absolute Gasteiger partial charge is 0.478 e. The van der Waals surface area contributed by atoms with E-state index in [2.05, 4.69) is 0 Å². The number of carboxylic acids is 1. The molecule has 0 spiro atoms. The maximum Gasteiger partial charge on any atom is 0.328 e. The number of primary amides is 1. The van der Waals surface area contributed by atoms with E-state index in [1.807, 2.05) is 13.8 Å². The molecule has 0 saturated heterocycles. The van der Waals surface area contributed by atoms with Crippen LogP contribution in [0.4, 0.5) is 0 Å². The van der Waals surface area contributed by atoms with E-state index in [0.717, 1.165) is 6.08 Å². The van der Waals surface area contributed by atoms with Crippen LogP contribution in [0.1, 0.15) is 29.1 Å². The normalized spacial score (nSPS) is 11.0. The van der Waals surface area contributed by atoms with E-state index < -0.39 is 11.9 Å². The third-order valence-corrected chi connectivity index (χ3v) is 3.43. The predicted molar refractivity (Wildman–Crippen MR) is 80.9 cm³/mol. The first-order valence-corrected chi connectivity index (χ1v) is 7.25. The third-order valence-electron chi connectivity index (χ3n) is 2.51. The van der Waals surface area contributed by atoms with Gasteiger partial charge in [0.2, 0.25) is 5.91 Å². The van der Waals surface area contributed by atoms with Crippen molar-refractivity contribution < 1.29 is 19.5 Å². The number of rotatable bonds is 7. The zero-order valence-corrected chi connectivity index (χ0v) is 12.7. The smallest absolute Gasteiger partial charge is 0.328 e. The number of nitrogens with two attached hydrogens (primary N) is 1. The van der Waals surface area contributed by atoms with E-state index in [1.54, 1.807) is 11.4 Å². The quantitative estimate of drug-likeness (QED) is 0.744. The molecule has 1 rings (SSSR count). The maximum absolute atomic E-state index is 12.5. The van der Waals surface area contributed by atoms with Crippen LogP contribution in [0.2, 0.25) is 0 Å². The lowest BCUT2D eigenvalue weighted by Crippen LogP contribution is -2.40. The van der Waals surface area contributed by atoms with Crippen molar-refractivity contribution in [3.8, 4) is 0 Å². The van der Waals surface area contributed by atoms with Crippen molar-refractivity contribution in [2.24, 2.45) is 11.7 Å². The fourth-order valence-electron chi connectivity index (χ4n) is 1.78. The molecule has 1 aromatic heterocycles. The summed E-state index contributed by atoms with van der Waals surface area (Å²) in [5.41, 5.74) is 5.69. The van der Waals surface area contributed by atoms with Gasteiger partial charge in [0.1, 0.15) is 0 Å². The average Bonchev–Trinajstić information content (AvgIpc) is 2.81. The lowest BCUT2D eigenvalue weighted by molar-refractivity contribution is -0.131. The third kappa shape index (κ3) is 5.39. The number of hydrogen-bond donors (Lipinski definition) is 2. The number of carboxylic acid groups (broad SMARTS) is 1. The summed E-state index contributed by atoms with van der Waals surface area (Å²) < 4.78 is 0. The van der Waals surface area contributed by atoms with Gasteiger partial charge >= 0.3 is 5.97 Å². The monoisotopic (exact) mass is 310 g/mol. The standard InChI is InChI=1S/C14H18N2O4S/c1-9(2)7-16(8-11(15)17)14(20)13-10(5-6-21-13)3-4-12(18)19/h3-6,9H,7-8H2,1-2H3,(H2,15,17)(H,18,19). The molecule has 6 nitrogen and oxygen atoms in total. The molecule has 0 bridgehead atoms. The summed E-state index contributed by atoms with van der Waals surface area (Å²) in [6.45, 7) is 4.11. The fourth-order valence-corrected chi connectivity index (χ4v) is 2.63. The van der Waals surface area contributed by atoms with Gasteiger partial charge in [-0.1, -0.05) is 13.8 Å². The fraction of sp³-hybridized carbons (Fsp3) is 0.357. The van der Waals surface area contributed by atoms with Crippen molar-refractivity contribution in [3.05, 3.63) is 28.0 Å². The topological polar surface area (TPSA) is 101 Å². The van der Waals surface area contributed by atoms with E-state index in [4.69, 9.17) is 10.8 Å². The minimum Gasteiger partial charge on any atom is -0.478 e. The summed E-state index contributed by atoms with van der Waals surface area (Å²) in [5.74, 6) is -1.80. The lowest BCUT2D eigenvalue weighted by Gasteiger charge is -2.22. The first-order valence-electron chi connectivity index (χ1n) is 6.37. The first-order chi connectivity index (χ1) is 9.81. The molecule has 3 N–H and O–H groups in total. The van der Waals surface area contributed by atoms with E-state index in [0.29, 0.717) is 17.0 Å². The van der Waals surface area contributed by atoms with Crippen molar-refractivity contribution in [1.29, 1.82) is 0 Å². The Morgan fingerprint density at radius 3 is 2.62 bits per heavy atom. The highest BCUT2D eigenvalue weighted by molar-refractivity contribution is 7.12. The number of amides is 2. The molecule has 0 atom stereocenters. The highest BCUT2D eigenvalue weighted by atomic mass is 32.1. The van der Waals surface area contributed by atoms with Crippen LogP contribution in [0.5, 0.6) is 0 Å². The molecule has 1 aromatic rings. The summed E-state index contributed by atoms with van der Waals surface area (Å²) in [7, 11) is 0. The SMILES string of the molecule is CC(C)CN(CC(N)=O)C(=O)c1sccc1C=CC(=O)O. The van der Waals surface area contributed by atoms with E-state index >= 15 is 0 Å². The minimum absolute atomic E-state index is 0.156. The molecule has 7 heteroatoms. The predicted octanol–water partition coefficient (Wildman–Crippen LogP) is 1.43. The van der Waals surface area contributed by atoms with Gasteiger partial charge in [-0.3, -0.25) is 9.59 Å². The van der Waals surface area contributed by atoms with Crippen LogP contribution in [-0.2, 0) is 9.59 Å². The minimum atomic E-state index is -1.09. The summed E-state index contributed by atoms with van der Waals surface area (Å²) >= 11 is 1.20. The Labute approximate surface area is 126 Å². The number of nitrogens with zero attached hydrogens (tertiary/aromatic N) is 1. The van der Waals surface area contributed by atoms with E-state index in [9.17, 15) is 14.4 Å². The Morgan fingerprint density at radius 2 is 2.10 bits per heavy atom. The molecule has 0 aromatic carbocycles. The second kappa shape index (κ2) is 7.58. The number of carbonyl (C=O) groups excluding carboxylic acids is 2. The zero-order valence-electron chi connectivity index (χ0n) is 11.9. The first kappa shape index (κ1) is 16.9. The van der Waals surface area contributed by atoms with Gasteiger partial charge in [-0.2, -0.15) is 0 Å². The van der Waals surface area contributed by atoms with Crippen molar-refractivity contribution >= 4 is 35.2 Å². The Morgan fingerprint density at radius 1 is 1.43 bits per heavy atom. The Balaban J connectivity index is 3.01. The van der Waals surface area contributed by atoms with Crippen molar-refractivity contribution in [2.75, 3.05) is 13.1 Å². The van der Waals surface area contributed by atoms with Crippen molar-refractivity contribution in [3.63, 3.8) is 0 Å². The maximum atomic E-state index is 12.5. The second-order valence-electron chi connectivity index (χ2n) is 4.92. The Kier molecular flexibility index (Phi) is 6.10. The van der Waals surface area contributed by atoms with Crippen LogP contribution in [0, 0.1) is 5.92 Å². The highest BCUT2D eigenvalue weighted by Gasteiger charge is 2.21. The van der Waals surface area contributed by atoms with Crippen molar-refractivity contribution in [2.45, 2.75) is 13.8 Å². The van der Waals surface area contributed by atoms with Gasteiger partial charge in [0, 0.05) is 12.6 Å². The summed E-state index contributed by atoms with van der Waals surface area (Å²) in [6, 6.07) is 1.66. The Bertz CT molecular complexity index is 563. The number of thiophene rings is 1. The summed E-state index contributed by atoms with van der Waals surface area (Å²) in [5, 5.41) is 10.3. The van der Waals surface area contributed by atoms with Gasteiger partial charge in [-0.15, -0.1) is 11.3 Å². The van der Waals surface area contributed by atoms with Gasteiger partial charge in [0.25, 0.3) is 5.91 Å². The molecule has 0 fully saturated rings. The zero-order chi connectivity index (χ0) is 16.0. The summed E-state index contributed by atoms with van der Waals surface area (Å²) in [6.07, 6.45) is 2.34. The van der Waals surface area contributed by atoms with Crippen LogP contribution in [0.15, 0.2) is 17.5 Å². The average molecular weight is 310 g/mol. The molecular formula is C14H18N2O4S. The number of aliphatic carboxylic acids is 1. The molecule has 0 aliphatic carbocycles. The van der Waals surface area contributed by atoms with Gasteiger partial charge < -0.3 is 15.7 Å². The molecule has 0 saturated carbocycles. The van der Waals surface area contributed by atoms with Crippen LogP contribution in [0.25, 0.3) is 6.08 Å². The lowest BCUT2D eigenvalue weighted by atomic mass is 10.1. The van der Waals surface area contributed by atoms with Gasteiger partial charge in [0.15, 0.2) is 0 Å². The second-order valence-corrected chi connectivity index (χ2v) is 5.84. The van der Waals surface area contributed by atoms with Gasteiger partial charge in [0.05, 0.1) is 11.4 Å². The van der Waals surface area contributed by atoms with E-state index in [-0.39, 0.29) is 18.4 Å². The molecule has 21 heavy (non-hydrogen) atoms. The molecule has 0 aliphatic rings. The van der Waals surface area contributed by atoms with E-state index in [1.165, 1.54) is 22.3 Å². The number of hydrogen-bond acceptors (Lipinski definition) is 4. The number of carbonyl (C=O) groups is 3.